The molecule has 0 amide bonds. The highest BCUT2D eigenvalue weighted by molar-refractivity contribution is 9.10. The largest absolute Gasteiger partial charge is 0.350 e. The van der Waals surface area contributed by atoms with Crippen LogP contribution in [0.15, 0.2) is 28.9 Å². The summed E-state index contributed by atoms with van der Waals surface area (Å²) in [6.07, 6.45) is 2.54. The number of aryl methyl sites for hydroxylation is 1. The number of benzene rings is 1. The van der Waals surface area contributed by atoms with Crippen molar-refractivity contribution in [3.05, 3.63) is 34.4 Å². The van der Waals surface area contributed by atoms with Gasteiger partial charge in [-0.2, -0.15) is 0 Å². The fourth-order valence-electron chi connectivity index (χ4n) is 1.85. The quantitative estimate of drug-likeness (QED) is 0.818. The van der Waals surface area contributed by atoms with E-state index in [1.807, 2.05) is 19.3 Å². The molecule has 2 aromatic rings. The maximum Gasteiger partial charge on any atom is 0.134 e. The number of Topliss-reactive ketones (excluding diaryl/α,β-unsaturated/α-hetero) is 1. The molecule has 0 radical (unpaired) electrons. The molecule has 0 saturated heterocycles. The van der Waals surface area contributed by atoms with Crippen LogP contribution in [0.5, 0.6) is 0 Å². The lowest BCUT2D eigenvalue weighted by atomic mass is 10.1. The van der Waals surface area contributed by atoms with Crippen LogP contribution < -0.4 is 0 Å². The van der Waals surface area contributed by atoms with Gasteiger partial charge in [-0.15, -0.1) is 0 Å². The highest BCUT2D eigenvalue weighted by Gasteiger charge is 2.08. The highest BCUT2D eigenvalue weighted by atomic mass is 79.9. The molecule has 2 nitrogen and oxygen atoms in total. The molecule has 0 N–H and O–H groups in total. The standard InChI is InChI=1S/C12H12BrNO/c1-8(15)5-9-7-14(2)12-6-10(13)3-4-11(9)12/h3-4,6-7H,5H2,1-2H3. The molecule has 1 aromatic carbocycles. The third-order valence-electron chi connectivity index (χ3n) is 2.47. The summed E-state index contributed by atoms with van der Waals surface area (Å²) in [5.74, 6) is 0.199. The number of rotatable bonds is 2. The van der Waals surface area contributed by atoms with Crippen molar-refractivity contribution in [2.75, 3.05) is 0 Å². The zero-order valence-electron chi connectivity index (χ0n) is 8.75. The number of carbonyl (C=O) groups excluding carboxylic acids is 1. The van der Waals surface area contributed by atoms with Gasteiger partial charge in [0.1, 0.15) is 5.78 Å². The maximum absolute atomic E-state index is 11.1. The van der Waals surface area contributed by atoms with Gasteiger partial charge in [-0.05, 0) is 24.6 Å². The van der Waals surface area contributed by atoms with Crippen molar-refractivity contribution in [2.45, 2.75) is 13.3 Å². The molecular formula is C12H12BrNO. The summed E-state index contributed by atoms with van der Waals surface area (Å²) in [5.41, 5.74) is 2.26. The predicted molar refractivity (Wildman–Crippen MR) is 65.0 cm³/mol. The topological polar surface area (TPSA) is 22.0 Å². The second-order valence-corrected chi connectivity index (χ2v) is 4.72. The Morgan fingerprint density at radius 2 is 2.20 bits per heavy atom. The predicted octanol–water partition coefficient (Wildman–Crippen LogP) is 3.07. The van der Waals surface area contributed by atoms with Crippen molar-refractivity contribution in [1.29, 1.82) is 0 Å². The van der Waals surface area contributed by atoms with Crippen LogP contribution in [0.2, 0.25) is 0 Å². The smallest absolute Gasteiger partial charge is 0.134 e. The first kappa shape index (κ1) is 10.4. The van der Waals surface area contributed by atoms with E-state index in [4.69, 9.17) is 0 Å². The monoisotopic (exact) mass is 265 g/mol. The van der Waals surface area contributed by atoms with Gasteiger partial charge in [-0.1, -0.05) is 22.0 Å². The van der Waals surface area contributed by atoms with E-state index in [9.17, 15) is 4.79 Å². The first-order chi connectivity index (χ1) is 7.08. The molecule has 2 rings (SSSR count). The van der Waals surface area contributed by atoms with Crippen molar-refractivity contribution in [3.8, 4) is 0 Å². The summed E-state index contributed by atoms with van der Waals surface area (Å²) in [7, 11) is 2.00. The van der Waals surface area contributed by atoms with Crippen molar-refractivity contribution in [3.63, 3.8) is 0 Å². The highest BCUT2D eigenvalue weighted by Crippen LogP contribution is 2.24. The molecule has 0 fully saturated rings. The third kappa shape index (κ3) is 1.97. The number of halogens is 1. The van der Waals surface area contributed by atoms with Crippen molar-refractivity contribution in [2.24, 2.45) is 7.05 Å². The lowest BCUT2D eigenvalue weighted by Crippen LogP contribution is -1.94. The van der Waals surface area contributed by atoms with Crippen LogP contribution in [0.4, 0.5) is 0 Å². The number of ketones is 1. The zero-order chi connectivity index (χ0) is 11.0. The summed E-state index contributed by atoms with van der Waals surface area (Å²) < 4.78 is 3.11. The lowest BCUT2D eigenvalue weighted by Gasteiger charge is -1.96. The molecular weight excluding hydrogens is 254 g/mol. The summed E-state index contributed by atoms with van der Waals surface area (Å²) in [4.78, 5) is 11.1. The number of hydrogen-bond acceptors (Lipinski definition) is 1. The molecule has 0 aliphatic carbocycles. The molecule has 0 bridgehead atoms. The van der Waals surface area contributed by atoms with Crippen LogP contribution in [0.1, 0.15) is 12.5 Å². The summed E-state index contributed by atoms with van der Waals surface area (Å²) in [5, 5.41) is 1.16. The van der Waals surface area contributed by atoms with E-state index in [2.05, 4.69) is 32.6 Å². The lowest BCUT2D eigenvalue weighted by molar-refractivity contribution is -0.116. The molecule has 3 heteroatoms. The second kappa shape index (κ2) is 3.81. The molecule has 0 unspecified atom stereocenters. The van der Waals surface area contributed by atoms with Gasteiger partial charge in [0.15, 0.2) is 0 Å². The van der Waals surface area contributed by atoms with Crippen molar-refractivity contribution >= 4 is 32.6 Å². The SMILES string of the molecule is CC(=O)Cc1cn(C)c2cc(Br)ccc12. The van der Waals surface area contributed by atoms with Crippen LogP contribution in [-0.4, -0.2) is 10.4 Å². The van der Waals surface area contributed by atoms with Crippen LogP contribution in [0.3, 0.4) is 0 Å². The van der Waals surface area contributed by atoms with Gasteiger partial charge >= 0.3 is 0 Å². The maximum atomic E-state index is 11.1. The Labute approximate surface area is 97.0 Å². The molecule has 1 aromatic heterocycles. The summed E-state index contributed by atoms with van der Waals surface area (Å²) in [6, 6.07) is 6.13. The van der Waals surface area contributed by atoms with Gasteiger partial charge in [0, 0.05) is 35.0 Å². The Balaban J connectivity index is 2.62. The van der Waals surface area contributed by atoms with Crippen LogP contribution >= 0.6 is 15.9 Å². The molecule has 78 valence electrons. The summed E-state index contributed by atoms with van der Waals surface area (Å²) in [6.45, 7) is 1.62. The zero-order valence-corrected chi connectivity index (χ0v) is 10.3. The van der Waals surface area contributed by atoms with E-state index < -0.39 is 0 Å². The van der Waals surface area contributed by atoms with Crippen LogP contribution in [0.25, 0.3) is 10.9 Å². The molecule has 0 atom stereocenters. The van der Waals surface area contributed by atoms with Gasteiger partial charge in [-0.3, -0.25) is 4.79 Å². The van der Waals surface area contributed by atoms with Crippen molar-refractivity contribution < 1.29 is 4.79 Å². The minimum absolute atomic E-state index is 0.199. The molecule has 0 spiro atoms. The van der Waals surface area contributed by atoms with Gasteiger partial charge in [0.05, 0.1) is 0 Å². The van der Waals surface area contributed by atoms with E-state index in [1.54, 1.807) is 6.92 Å². The molecule has 0 aliphatic rings. The van der Waals surface area contributed by atoms with Gasteiger partial charge in [-0.25, -0.2) is 0 Å². The normalized spacial score (nSPS) is 10.9. The fraction of sp³-hybridized carbons (Fsp3) is 0.250. The molecule has 0 aliphatic heterocycles. The first-order valence-corrected chi connectivity index (χ1v) is 5.60. The molecule has 15 heavy (non-hydrogen) atoms. The Morgan fingerprint density at radius 3 is 2.87 bits per heavy atom. The second-order valence-electron chi connectivity index (χ2n) is 3.81. The Morgan fingerprint density at radius 1 is 1.47 bits per heavy atom. The third-order valence-corrected chi connectivity index (χ3v) is 2.97. The number of aromatic nitrogens is 1. The van der Waals surface area contributed by atoms with E-state index in [0.29, 0.717) is 6.42 Å². The average Bonchev–Trinajstić information content (AvgIpc) is 2.42. The molecule has 1 heterocycles. The Hall–Kier alpha value is -1.09. The number of carbonyl (C=O) groups is 1. The van der Waals surface area contributed by atoms with Crippen LogP contribution in [0, 0.1) is 0 Å². The van der Waals surface area contributed by atoms with Crippen LogP contribution in [-0.2, 0) is 18.3 Å². The average molecular weight is 266 g/mol. The molecule has 0 saturated carbocycles. The Kier molecular flexibility index (Phi) is 2.65. The number of fused-ring (bicyclic) bond motifs is 1. The van der Waals surface area contributed by atoms with Crippen molar-refractivity contribution in [1.82, 2.24) is 4.57 Å². The Bertz CT molecular complexity index is 528. The minimum Gasteiger partial charge on any atom is -0.350 e. The van der Waals surface area contributed by atoms with Gasteiger partial charge in [0.25, 0.3) is 0 Å². The first-order valence-electron chi connectivity index (χ1n) is 4.81. The number of nitrogens with zero attached hydrogens (tertiary/aromatic N) is 1. The minimum atomic E-state index is 0.199. The van der Waals surface area contributed by atoms with E-state index in [1.165, 1.54) is 0 Å². The van der Waals surface area contributed by atoms with E-state index >= 15 is 0 Å². The number of hydrogen-bond donors (Lipinski definition) is 0. The van der Waals surface area contributed by atoms with Gasteiger partial charge < -0.3 is 4.57 Å². The van der Waals surface area contributed by atoms with Gasteiger partial charge in [0.2, 0.25) is 0 Å². The summed E-state index contributed by atoms with van der Waals surface area (Å²) >= 11 is 3.45. The van der Waals surface area contributed by atoms with E-state index in [0.717, 1.165) is 20.9 Å². The van der Waals surface area contributed by atoms with E-state index in [-0.39, 0.29) is 5.78 Å². The fourth-order valence-corrected chi connectivity index (χ4v) is 2.20.